The number of carbonyl (C=O) groups excluding carboxylic acids is 1. The monoisotopic (exact) mass is 381 g/mol. The maximum atomic E-state index is 13.2. The fourth-order valence-electron chi connectivity index (χ4n) is 4.35. The van der Waals surface area contributed by atoms with E-state index in [-0.39, 0.29) is 25.0 Å². The Hall–Kier alpha value is -3.02. The third kappa shape index (κ3) is 2.63. The molecule has 1 saturated heterocycles. The number of benzene rings is 2. The van der Waals surface area contributed by atoms with Crippen molar-refractivity contribution in [3.8, 4) is 11.5 Å². The lowest BCUT2D eigenvalue weighted by atomic mass is 9.73. The van der Waals surface area contributed by atoms with Crippen LogP contribution in [0.2, 0.25) is 0 Å². The second-order valence-electron chi connectivity index (χ2n) is 7.69. The Morgan fingerprint density at radius 3 is 2.75 bits per heavy atom. The number of hydrogen-bond acceptors (Lipinski definition) is 4. The molecule has 2 atom stereocenters. The zero-order chi connectivity index (χ0) is 20.1. The minimum Gasteiger partial charge on any atom is -0.493 e. The number of amides is 1. The molecule has 1 amide bonds. The molecule has 2 aliphatic heterocycles. The minimum atomic E-state index is -1.16. The van der Waals surface area contributed by atoms with Crippen molar-refractivity contribution >= 4 is 11.9 Å². The molecule has 4 rings (SSSR count). The number of rotatable bonds is 3. The van der Waals surface area contributed by atoms with Gasteiger partial charge < -0.3 is 19.5 Å². The van der Waals surface area contributed by atoms with Gasteiger partial charge in [0.2, 0.25) is 0 Å². The fraction of sp³-hybridized carbons (Fsp3) is 0.364. The number of methoxy groups -OCH3 is 1. The average molecular weight is 381 g/mol. The molecule has 0 unspecified atom stereocenters. The zero-order valence-electron chi connectivity index (χ0n) is 16.2. The van der Waals surface area contributed by atoms with Gasteiger partial charge in [0.1, 0.15) is 12.0 Å². The predicted octanol–water partition coefficient (Wildman–Crippen LogP) is 3.02. The summed E-state index contributed by atoms with van der Waals surface area (Å²) in [7, 11) is 1.56. The van der Waals surface area contributed by atoms with Crippen LogP contribution in [0.3, 0.4) is 0 Å². The molecular formula is C22H23NO5. The minimum absolute atomic E-state index is 0.0109. The highest BCUT2D eigenvalue weighted by molar-refractivity contribution is 5.97. The highest BCUT2D eigenvalue weighted by atomic mass is 16.5. The van der Waals surface area contributed by atoms with Crippen molar-refractivity contribution in [3.63, 3.8) is 0 Å². The number of fused-ring (bicyclic) bond motifs is 3. The van der Waals surface area contributed by atoms with E-state index in [1.807, 2.05) is 44.2 Å². The van der Waals surface area contributed by atoms with E-state index >= 15 is 0 Å². The van der Waals surface area contributed by atoms with Crippen molar-refractivity contribution in [2.24, 2.45) is 5.41 Å². The number of ether oxygens (including phenoxy) is 2. The summed E-state index contributed by atoms with van der Waals surface area (Å²) in [6, 6.07) is 11.2. The predicted molar refractivity (Wildman–Crippen MR) is 103 cm³/mol. The highest BCUT2D eigenvalue weighted by Gasteiger charge is 2.58. The summed E-state index contributed by atoms with van der Waals surface area (Å²) < 4.78 is 11.2. The lowest BCUT2D eigenvalue weighted by Gasteiger charge is -2.36. The molecule has 0 spiro atoms. The molecular weight excluding hydrogens is 358 g/mol. The van der Waals surface area contributed by atoms with Gasteiger partial charge >= 0.3 is 5.97 Å². The molecule has 0 radical (unpaired) electrons. The van der Waals surface area contributed by atoms with Crippen LogP contribution in [-0.4, -0.2) is 48.7 Å². The van der Waals surface area contributed by atoms with Gasteiger partial charge in [0.05, 0.1) is 7.11 Å². The van der Waals surface area contributed by atoms with Gasteiger partial charge in [0.15, 0.2) is 11.5 Å². The first-order valence-corrected chi connectivity index (χ1v) is 9.27. The lowest BCUT2D eigenvalue weighted by Crippen LogP contribution is -2.46. The summed E-state index contributed by atoms with van der Waals surface area (Å²) in [4.78, 5) is 27.2. The second-order valence-corrected chi connectivity index (χ2v) is 7.69. The van der Waals surface area contributed by atoms with Crippen molar-refractivity contribution in [3.05, 3.63) is 58.7 Å². The first-order valence-electron chi connectivity index (χ1n) is 9.27. The molecule has 6 heteroatoms. The Morgan fingerprint density at radius 2 is 2.04 bits per heavy atom. The topological polar surface area (TPSA) is 76.1 Å². The lowest BCUT2D eigenvalue weighted by molar-refractivity contribution is -0.151. The van der Waals surface area contributed by atoms with Gasteiger partial charge in [-0.3, -0.25) is 9.59 Å². The van der Waals surface area contributed by atoms with E-state index in [2.05, 4.69) is 0 Å². The van der Waals surface area contributed by atoms with Crippen molar-refractivity contribution in [2.75, 3.05) is 26.8 Å². The Balaban J connectivity index is 1.75. The van der Waals surface area contributed by atoms with Gasteiger partial charge in [-0.2, -0.15) is 0 Å². The number of likely N-dealkylation sites (tertiary alicyclic amines) is 1. The van der Waals surface area contributed by atoms with E-state index in [4.69, 9.17) is 9.47 Å². The molecule has 0 aliphatic carbocycles. The van der Waals surface area contributed by atoms with Crippen LogP contribution >= 0.6 is 0 Å². The van der Waals surface area contributed by atoms with Crippen molar-refractivity contribution in [1.82, 2.24) is 4.90 Å². The summed E-state index contributed by atoms with van der Waals surface area (Å²) in [6.07, 6.45) is 0. The summed E-state index contributed by atoms with van der Waals surface area (Å²) >= 11 is 0. The molecule has 1 N–H and O–H groups in total. The first-order chi connectivity index (χ1) is 13.4. The van der Waals surface area contributed by atoms with E-state index in [0.29, 0.717) is 23.6 Å². The molecule has 1 fully saturated rings. The number of carboxylic acid groups (broad SMARTS) is 1. The summed E-state index contributed by atoms with van der Waals surface area (Å²) in [5.74, 6) is -0.274. The normalized spacial score (nSPS) is 22.8. The number of aryl methyl sites for hydroxylation is 2. The molecule has 146 valence electrons. The maximum absolute atomic E-state index is 13.2. The SMILES string of the molecule is COc1cccc2c1OC[C@]1(C(=O)O)CN(C(=O)c3cc(C)ccc3C)C[C@H]21. The third-order valence-corrected chi connectivity index (χ3v) is 5.96. The van der Waals surface area contributed by atoms with Crippen LogP contribution in [0.25, 0.3) is 0 Å². The van der Waals surface area contributed by atoms with Crippen LogP contribution in [0.4, 0.5) is 0 Å². The Bertz CT molecular complexity index is 969. The molecule has 2 heterocycles. The Labute approximate surface area is 163 Å². The Morgan fingerprint density at radius 1 is 1.25 bits per heavy atom. The van der Waals surface area contributed by atoms with E-state index < -0.39 is 11.4 Å². The second kappa shape index (κ2) is 6.55. The van der Waals surface area contributed by atoms with E-state index in [1.165, 1.54) is 0 Å². The summed E-state index contributed by atoms with van der Waals surface area (Å²) in [5.41, 5.74) is 2.12. The van der Waals surface area contributed by atoms with E-state index in [0.717, 1.165) is 16.7 Å². The van der Waals surface area contributed by atoms with Crippen molar-refractivity contribution < 1.29 is 24.2 Å². The summed E-state index contributed by atoms with van der Waals surface area (Å²) in [6.45, 7) is 4.30. The van der Waals surface area contributed by atoms with Gasteiger partial charge in [-0.1, -0.05) is 29.8 Å². The zero-order valence-corrected chi connectivity index (χ0v) is 16.2. The van der Waals surface area contributed by atoms with Crippen LogP contribution in [0.15, 0.2) is 36.4 Å². The van der Waals surface area contributed by atoms with Crippen LogP contribution in [0.1, 0.15) is 33.0 Å². The maximum Gasteiger partial charge on any atom is 0.315 e. The number of carboxylic acids is 1. The largest absolute Gasteiger partial charge is 0.493 e. The standard InChI is InChI=1S/C22H23NO5/c1-13-7-8-14(2)16(9-13)20(24)23-10-17-15-5-4-6-18(27-3)19(15)28-12-22(17,11-23)21(25)26/h4-9,17H,10-12H2,1-3H3,(H,25,26)/t17-,22-/m1/s1. The van der Waals surface area contributed by atoms with E-state index in [9.17, 15) is 14.7 Å². The van der Waals surface area contributed by atoms with Gasteiger partial charge in [-0.15, -0.1) is 0 Å². The molecule has 0 saturated carbocycles. The molecule has 6 nitrogen and oxygen atoms in total. The number of nitrogens with zero attached hydrogens (tertiary/aromatic N) is 1. The molecule has 2 aliphatic rings. The molecule has 0 aromatic heterocycles. The van der Waals surface area contributed by atoms with Gasteiger partial charge in [-0.05, 0) is 31.5 Å². The number of para-hydroxylation sites is 1. The Kier molecular flexibility index (Phi) is 4.29. The quantitative estimate of drug-likeness (QED) is 0.885. The molecule has 2 aromatic carbocycles. The molecule has 28 heavy (non-hydrogen) atoms. The van der Waals surface area contributed by atoms with Crippen LogP contribution in [0, 0.1) is 19.3 Å². The van der Waals surface area contributed by atoms with Gasteiger partial charge in [0, 0.05) is 30.1 Å². The van der Waals surface area contributed by atoms with Crippen LogP contribution < -0.4 is 9.47 Å². The van der Waals surface area contributed by atoms with E-state index in [1.54, 1.807) is 18.1 Å². The van der Waals surface area contributed by atoms with Crippen molar-refractivity contribution in [1.29, 1.82) is 0 Å². The van der Waals surface area contributed by atoms with Crippen LogP contribution in [-0.2, 0) is 4.79 Å². The van der Waals surface area contributed by atoms with Crippen molar-refractivity contribution in [2.45, 2.75) is 19.8 Å². The highest BCUT2D eigenvalue weighted by Crippen LogP contribution is 2.52. The number of hydrogen-bond donors (Lipinski definition) is 1. The fourth-order valence-corrected chi connectivity index (χ4v) is 4.35. The number of carbonyl (C=O) groups is 2. The molecule has 0 bridgehead atoms. The molecule has 2 aromatic rings. The summed E-state index contributed by atoms with van der Waals surface area (Å²) in [5, 5.41) is 10.1. The smallest absolute Gasteiger partial charge is 0.315 e. The first kappa shape index (κ1) is 18.3. The third-order valence-electron chi connectivity index (χ3n) is 5.96. The average Bonchev–Trinajstić information content (AvgIpc) is 3.10. The van der Waals surface area contributed by atoms with Gasteiger partial charge in [0.25, 0.3) is 5.91 Å². The van der Waals surface area contributed by atoms with Crippen LogP contribution in [0.5, 0.6) is 11.5 Å². The van der Waals surface area contributed by atoms with Gasteiger partial charge in [-0.25, -0.2) is 0 Å². The number of aliphatic carboxylic acids is 1.